The quantitative estimate of drug-likeness (QED) is 0.660. The number of rotatable bonds is 5. The van der Waals surface area contributed by atoms with Crippen LogP contribution in [0.15, 0.2) is 29.2 Å². The van der Waals surface area contributed by atoms with Crippen LogP contribution < -0.4 is 15.8 Å². The number of nitrogens with zero attached hydrogens (tertiary/aromatic N) is 1. The van der Waals surface area contributed by atoms with Crippen LogP contribution in [-0.4, -0.2) is 51.9 Å². The lowest BCUT2D eigenvalue weighted by atomic mass is 10.1. The van der Waals surface area contributed by atoms with Crippen LogP contribution >= 0.6 is 0 Å². The van der Waals surface area contributed by atoms with Crippen molar-refractivity contribution in [3.63, 3.8) is 0 Å². The number of benzene rings is 1. The van der Waals surface area contributed by atoms with E-state index < -0.39 is 10.0 Å². The Morgan fingerprint density at radius 2 is 1.95 bits per heavy atom. The minimum Gasteiger partial charge on any atom is -0.358 e. The van der Waals surface area contributed by atoms with Crippen LogP contribution in [0, 0.1) is 0 Å². The van der Waals surface area contributed by atoms with Crippen molar-refractivity contribution in [2.45, 2.75) is 29.9 Å². The molecule has 2 atom stereocenters. The van der Waals surface area contributed by atoms with E-state index in [2.05, 4.69) is 10.0 Å². The standard InChI is InChI=1S/C14H22N4O3S/c1-16-14(19)13-7-11(15)9-18(13)8-10-3-5-12(6-4-10)22(20,21)17-2/h3-6,11,13,17H,7-9,15H2,1-2H3,(H,16,19)/t11-,13-/m0/s1. The number of sulfonamides is 1. The molecule has 4 N–H and O–H groups in total. The van der Waals surface area contributed by atoms with E-state index in [0.717, 1.165) is 5.56 Å². The minimum atomic E-state index is -3.43. The molecule has 1 aliphatic heterocycles. The molecular formula is C14H22N4O3S. The molecule has 0 aliphatic carbocycles. The molecule has 0 aromatic heterocycles. The molecule has 1 fully saturated rings. The number of nitrogens with two attached hydrogens (primary N) is 1. The van der Waals surface area contributed by atoms with Crippen molar-refractivity contribution >= 4 is 15.9 Å². The van der Waals surface area contributed by atoms with E-state index in [1.807, 2.05) is 4.90 Å². The summed E-state index contributed by atoms with van der Waals surface area (Å²) in [7, 11) is -0.436. The van der Waals surface area contributed by atoms with Crippen molar-refractivity contribution in [1.82, 2.24) is 14.9 Å². The lowest BCUT2D eigenvalue weighted by Crippen LogP contribution is -2.41. The van der Waals surface area contributed by atoms with Crippen molar-refractivity contribution in [2.24, 2.45) is 5.73 Å². The van der Waals surface area contributed by atoms with Gasteiger partial charge in [-0.05, 0) is 31.2 Å². The van der Waals surface area contributed by atoms with Crippen LogP contribution in [0.25, 0.3) is 0 Å². The van der Waals surface area contributed by atoms with Gasteiger partial charge in [0.25, 0.3) is 0 Å². The number of likely N-dealkylation sites (tertiary alicyclic amines) is 1. The third-order valence-electron chi connectivity index (χ3n) is 3.87. The number of amides is 1. The summed E-state index contributed by atoms with van der Waals surface area (Å²) in [5, 5.41) is 2.66. The van der Waals surface area contributed by atoms with Gasteiger partial charge in [-0.15, -0.1) is 0 Å². The second-order valence-electron chi connectivity index (χ2n) is 5.41. The first-order valence-electron chi connectivity index (χ1n) is 7.11. The molecule has 122 valence electrons. The summed E-state index contributed by atoms with van der Waals surface area (Å²) in [6.45, 7) is 1.21. The maximum Gasteiger partial charge on any atom is 0.240 e. The summed E-state index contributed by atoms with van der Waals surface area (Å²) in [4.78, 5) is 14.1. The van der Waals surface area contributed by atoms with Gasteiger partial charge in [-0.2, -0.15) is 0 Å². The second kappa shape index (κ2) is 6.74. The van der Waals surface area contributed by atoms with Crippen LogP contribution in [-0.2, 0) is 21.4 Å². The van der Waals surface area contributed by atoms with Crippen molar-refractivity contribution in [2.75, 3.05) is 20.6 Å². The van der Waals surface area contributed by atoms with Crippen LogP contribution in [0.2, 0.25) is 0 Å². The van der Waals surface area contributed by atoms with Gasteiger partial charge < -0.3 is 11.1 Å². The number of carbonyl (C=O) groups is 1. The maximum atomic E-state index is 11.9. The molecule has 22 heavy (non-hydrogen) atoms. The number of carbonyl (C=O) groups excluding carboxylic acids is 1. The van der Waals surface area contributed by atoms with Crippen LogP contribution in [0.4, 0.5) is 0 Å². The smallest absolute Gasteiger partial charge is 0.240 e. The first-order chi connectivity index (χ1) is 10.4. The van der Waals surface area contributed by atoms with Gasteiger partial charge in [0, 0.05) is 26.2 Å². The summed E-state index contributed by atoms with van der Waals surface area (Å²) in [5.41, 5.74) is 6.89. The highest BCUT2D eigenvalue weighted by Gasteiger charge is 2.34. The fourth-order valence-electron chi connectivity index (χ4n) is 2.68. The van der Waals surface area contributed by atoms with Gasteiger partial charge in [-0.25, -0.2) is 13.1 Å². The van der Waals surface area contributed by atoms with E-state index in [9.17, 15) is 13.2 Å². The molecule has 1 aromatic rings. The average molecular weight is 326 g/mol. The number of nitrogens with one attached hydrogen (secondary N) is 2. The number of likely N-dealkylation sites (N-methyl/N-ethyl adjacent to an activating group) is 1. The Morgan fingerprint density at radius 1 is 1.32 bits per heavy atom. The monoisotopic (exact) mass is 326 g/mol. The fourth-order valence-corrected chi connectivity index (χ4v) is 3.41. The Balaban J connectivity index is 2.12. The minimum absolute atomic E-state index is 0.0220. The number of hydrogen-bond acceptors (Lipinski definition) is 5. The maximum absolute atomic E-state index is 11.9. The van der Waals surface area contributed by atoms with Crippen molar-refractivity contribution in [3.8, 4) is 0 Å². The second-order valence-corrected chi connectivity index (χ2v) is 7.29. The van der Waals surface area contributed by atoms with Gasteiger partial charge in [0.15, 0.2) is 0 Å². The van der Waals surface area contributed by atoms with E-state index in [1.165, 1.54) is 7.05 Å². The largest absolute Gasteiger partial charge is 0.358 e. The Morgan fingerprint density at radius 3 is 2.50 bits per heavy atom. The summed E-state index contributed by atoms with van der Waals surface area (Å²) < 4.78 is 25.7. The normalized spacial score (nSPS) is 22.7. The van der Waals surface area contributed by atoms with E-state index in [1.54, 1.807) is 31.3 Å². The number of hydrogen-bond donors (Lipinski definition) is 3. The highest BCUT2D eigenvalue weighted by molar-refractivity contribution is 7.89. The Labute approximate surface area is 130 Å². The zero-order chi connectivity index (χ0) is 16.3. The van der Waals surface area contributed by atoms with Gasteiger partial charge >= 0.3 is 0 Å². The third kappa shape index (κ3) is 3.64. The summed E-state index contributed by atoms with van der Waals surface area (Å²) in [6.07, 6.45) is 0.631. The van der Waals surface area contributed by atoms with Crippen molar-refractivity contribution in [1.29, 1.82) is 0 Å². The van der Waals surface area contributed by atoms with E-state index >= 15 is 0 Å². The topological polar surface area (TPSA) is 105 Å². The summed E-state index contributed by atoms with van der Waals surface area (Å²) in [5.74, 6) is -0.0395. The molecule has 0 bridgehead atoms. The Bertz CT molecular complexity index is 630. The fraction of sp³-hybridized carbons (Fsp3) is 0.500. The average Bonchev–Trinajstić information content (AvgIpc) is 2.87. The van der Waals surface area contributed by atoms with Gasteiger partial charge in [0.1, 0.15) is 0 Å². The zero-order valence-electron chi connectivity index (χ0n) is 12.7. The molecule has 1 amide bonds. The predicted octanol–water partition coefficient (Wildman–Crippen LogP) is -0.758. The van der Waals surface area contributed by atoms with Gasteiger partial charge in [0.2, 0.25) is 15.9 Å². The third-order valence-corrected chi connectivity index (χ3v) is 5.30. The molecule has 1 aliphatic rings. The van der Waals surface area contributed by atoms with Gasteiger partial charge in [0.05, 0.1) is 10.9 Å². The molecule has 0 spiro atoms. The summed E-state index contributed by atoms with van der Waals surface area (Å²) in [6, 6.07) is 6.38. The lowest BCUT2D eigenvalue weighted by molar-refractivity contribution is -0.125. The Hall–Kier alpha value is -1.48. The van der Waals surface area contributed by atoms with Crippen LogP contribution in [0.3, 0.4) is 0 Å². The predicted molar refractivity (Wildman–Crippen MR) is 83.5 cm³/mol. The van der Waals surface area contributed by atoms with E-state index in [4.69, 9.17) is 5.73 Å². The first kappa shape index (κ1) is 16.9. The van der Waals surface area contributed by atoms with Crippen molar-refractivity contribution in [3.05, 3.63) is 29.8 Å². The van der Waals surface area contributed by atoms with Gasteiger partial charge in [-0.3, -0.25) is 9.69 Å². The SMILES string of the molecule is CNC(=O)[C@@H]1C[C@H](N)CN1Cc1ccc(S(=O)(=O)NC)cc1. The highest BCUT2D eigenvalue weighted by atomic mass is 32.2. The summed E-state index contributed by atoms with van der Waals surface area (Å²) >= 11 is 0. The molecular weight excluding hydrogens is 304 g/mol. The van der Waals surface area contributed by atoms with Crippen molar-refractivity contribution < 1.29 is 13.2 Å². The molecule has 2 rings (SSSR count). The molecule has 7 nitrogen and oxygen atoms in total. The van der Waals surface area contributed by atoms with Crippen LogP contribution in [0.5, 0.6) is 0 Å². The molecule has 0 saturated carbocycles. The van der Waals surface area contributed by atoms with Crippen LogP contribution in [0.1, 0.15) is 12.0 Å². The first-order valence-corrected chi connectivity index (χ1v) is 8.59. The molecule has 1 heterocycles. The molecule has 0 radical (unpaired) electrons. The molecule has 0 unspecified atom stereocenters. The molecule has 1 aromatic carbocycles. The van der Waals surface area contributed by atoms with Gasteiger partial charge in [-0.1, -0.05) is 12.1 Å². The highest BCUT2D eigenvalue weighted by Crippen LogP contribution is 2.20. The lowest BCUT2D eigenvalue weighted by Gasteiger charge is -2.22. The van der Waals surface area contributed by atoms with E-state index in [0.29, 0.717) is 19.5 Å². The Kier molecular flexibility index (Phi) is 5.17. The molecule has 1 saturated heterocycles. The van der Waals surface area contributed by atoms with E-state index in [-0.39, 0.29) is 22.9 Å². The zero-order valence-corrected chi connectivity index (χ0v) is 13.6. The molecule has 8 heteroatoms.